The Balaban J connectivity index is 0.00000162. The van der Waals surface area contributed by atoms with Crippen LogP contribution >= 0.6 is 0 Å². The fourth-order valence-electron chi connectivity index (χ4n) is 2.02. The van der Waals surface area contributed by atoms with Crippen LogP contribution in [-0.4, -0.2) is 0 Å². The summed E-state index contributed by atoms with van der Waals surface area (Å²) in [6.07, 6.45) is 0. The van der Waals surface area contributed by atoms with E-state index in [0.717, 1.165) is 27.8 Å². The number of halogens is 1. The van der Waals surface area contributed by atoms with E-state index in [4.69, 9.17) is 0 Å². The second-order valence-electron chi connectivity index (χ2n) is 4.63. The summed E-state index contributed by atoms with van der Waals surface area (Å²) in [5.74, 6) is -0.159. The second kappa shape index (κ2) is 4.70. The van der Waals surface area contributed by atoms with Gasteiger partial charge in [0.2, 0.25) is 0 Å². The Labute approximate surface area is 102 Å². The van der Waals surface area contributed by atoms with E-state index in [-0.39, 0.29) is 5.82 Å². The van der Waals surface area contributed by atoms with Gasteiger partial charge in [-0.05, 0) is 36.6 Å². The Morgan fingerprint density at radius 2 is 1.44 bits per heavy atom. The molecule has 0 aliphatic rings. The first-order valence-electron chi connectivity index (χ1n) is 5.75. The van der Waals surface area contributed by atoms with E-state index in [1.165, 1.54) is 0 Å². The van der Waals surface area contributed by atoms with Crippen molar-refractivity contribution in [1.82, 2.24) is 0 Å². The summed E-state index contributed by atoms with van der Waals surface area (Å²) in [5.41, 5.74) is 5.86. The van der Waals surface area contributed by atoms with Crippen LogP contribution in [-0.2, 0) is 0 Å². The van der Waals surface area contributed by atoms with E-state index in [9.17, 15) is 4.39 Å². The maximum atomic E-state index is 14.0. The van der Waals surface area contributed by atoms with E-state index in [1.807, 2.05) is 45.9 Å². The smallest absolute Gasteiger partial charge is 0.119 e. The van der Waals surface area contributed by atoms with Crippen LogP contribution < -0.4 is 0 Å². The zero-order chi connectivity index (χ0) is 12.6. The first-order valence-corrected chi connectivity index (χ1v) is 5.75. The Hall–Kier alpha value is -2.63. The van der Waals surface area contributed by atoms with Crippen LogP contribution in [0.3, 0.4) is 0 Å². The minimum atomic E-state index is -0.159. The predicted molar refractivity (Wildman–Crippen MR) is 69.6 cm³/mol. The van der Waals surface area contributed by atoms with Gasteiger partial charge >= 0.3 is 0 Å². The standard InChI is InChI=1S/C16H16F.Hs/c1-10-5-6-14(13(4)7-10)15-8-11(2)12(3)9-16(15)17;/h6-9H,1-4H3;/q-1;. The van der Waals surface area contributed by atoms with Gasteiger partial charge < -0.3 is 0 Å². The zero-order valence-electron chi connectivity index (χ0n) is 11.4. The third kappa shape index (κ3) is 2.22. The molecular weight excluding hydrogens is 480 g/mol. The van der Waals surface area contributed by atoms with E-state index < -0.39 is 0 Å². The number of hydrogen-bond donors (Lipinski definition) is 0. The molecule has 2 rings (SSSR count). The van der Waals surface area contributed by atoms with Gasteiger partial charge in [0.1, 0.15) is 5.82 Å². The van der Waals surface area contributed by atoms with Crippen LogP contribution in [0.1, 0.15) is 22.3 Å². The molecule has 0 bridgehead atoms. The molecule has 2 heteroatoms. The summed E-state index contributed by atoms with van der Waals surface area (Å²) in [4.78, 5) is 0. The minimum Gasteiger partial charge on any atom is -0.207 e. The minimum absolute atomic E-state index is 0. The summed E-state index contributed by atoms with van der Waals surface area (Å²) < 4.78 is 14.0. The SMILES string of the molecule is Cc1[c-]cc(-c2cc(C)c(C)cc2F)c(C)c1.[Hs]. The summed E-state index contributed by atoms with van der Waals surface area (Å²) in [6.45, 7) is 7.93. The van der Waals surface area contributed by atoms with Gasteiger partial charge in [-0.15, -0.1) is 5.56 Å². The molecule has 0 saturated carbocycles. The van der Waals surface area contributed by atoms with E-state index in [0.29, 0.717) is 5.56 Å². The van der Waals surface area contributed by atoms with Crippen LogP contribution in [0.4, 0.5) is 4.39 Å². The normalized spacial score (nSPS) is 10.1. The molecular formula is C16H16FHs-. The van der Waals surface area contributed by atoms with Crippen molar-refractivity contribution in [3.05, 3.63) is 58.4 Å². The Kier molecular flexibility index (Phi) is 3.51. The largest absolute Gasteiger partial charge is 0.207 e. The Morgan fingerprint density at radius 3 is 2.06 bits per heavy atom. The molecule has 0 aliphatic carbocycles. The Morgan fingerprint density at radius 1 is 0.833 bits per heavy atom. The molecule has 2 aromatic carbocycles. The third-order valence-electron chi connectivity index (χ3n) is 3.18. The molecule has 0 heterocycles. The third-order valence-corrected chi connectivity index (χ3v) is 3.18. The van der Waals surface area contributed by atoms with Crippen molar-refractivity contribution in [3.63, 3.8) is 0 Å². The molecule has 0 aliphatic heterocycles. The summed E-state index contributed by atoms with van der Waals surface area (Å²) in [6, 6.07) is 10.6. The van der Waals surface area contributed by atoms with Crippen molar-refractivity contribution in [1.29, 1.82) is 0 Å². The van der Waals surface area contributed by atoms with Crippen LogP contribution in [0.2, 0.25) is 0 Å². The van der Waals surface area contributed by atoms with Crippen molar-refractivity contribution < 1.29 is 4.39 Å². The molecule has 18 heavy (non-hydrogen) atoms. The number of aryl methyl sites for hydroxylation is 4. The fraction of sp³-hybridized carbons (Fsp3) is 0.250. The van der Waals surface area contributed by atoms with Gasteiger partial charge in [0.25, 0.3) is 0 Å². The molecule has 0 N–H and O–H groups in total. The number of rotatable bonds is 1. The van der Waals surface area contributed by atoms with E-state index >= 15 is 0 Å². The maximum Gasteiger partial charge on any atom is 0.119 e. The quantitative estimate of drug-likeness (QED) is 0.510. The van der Waals surface area contributed by atoms with Crippen molar-refractivity contribution in [2.24, 2.45) is 0 Å². The Bertz CT molecular complexity index is 574. The van der Waals surface area contributed by atoms with Gasteiger partial charge in [0, 0.05) is 0 Å². The summed E-state index contributed by atoms with van der Waals surface area (Å²) in [7, 11) is 0. The molecule has 0 radical (unpaired) electrons. The van der Waals surface area contributed by atoms with E-state index in [1.54, 1.807) is 6.07 Å². The van der Waals surface area contributed by atoms with Crippen molar-refractivity contribution in [2.45, 2.75) is 27.7 Å². The fourth-order valence-corrected chi connectivity index (χ4v) is 2.02. The summed E-state index contributed by atoms with van der Waals surface area (Å²) in [5, 5.41) is 0. The van der Waals surface area contributed by atoms with Crippen LogP contribution in [0.15, 0.2) is 24.3 Å². The predicted octanol–water partition coefficient (Wildman–Crippen LogP) is 4.53. The van der Waals surface area contributed by atoms with Gasteiger partial charge in [0.05, 0.1) is 0 Å². The van der Waals surface area contributed by atoms with Gasteiger partial charge in [-0.1, -0.05) is 19.9 Å². The molecule has 0 aromatic heterocycles. The number of hydrogen-bond acceptors (Lipinski definition) is 0. The first-order chi connectivity index (χ1) is 7.99. The van der Waals surface area contributed by atoms with E-state index in [2.05, 4.69) is 6.07 Å². The molecule has 0 nitrogen and oxygen atoms in total. The van der Waals surface area contributed by atoms with Gasteiger partial charge in [-0.2, -0.15) is 29.3 Å². The van der Waals surface area contributed by atoms with Gasteiger partial charge in [-0.25, -0.2) is 4.39 Å². The first kappa shape index (κ1) is 13.4. The molecule has 90 valence electrons. The molecule has 0 atom stereocenters. The molecule has 0 fully saturated rings. The topological polar surface area (TPSA) is 0 Å². The molecule has 2 aromatic rings. The average Bonchev–Trinajstić information content (AvgIpc) is 2.24. The summed E-state index contributed by atoms with van der Waals surface area (Å²) >= 11 is 0. The molecule has 0 saturated heterocycles. The van der Waals surface area contributed by atoms with Crippen LogP contribution in [0.25, 0.3) is 11.1 Å². The average molecular weight is 496 g/mol. The van der Waals surface area contributed by atoms with Gasteiger partial charge in [0.15, 0.2) is 0 Å². The second-order valence-corrected chi connectivity index (χ2v) is 4.63. The van der Waals surface area contributed by atoms with Crippen molar-refractivity contribution in [3.8, 4) is 11.1 Å². The molecule has 0 unspecified atom stereocenters. The monoisotopic (exact) mass is 496 g/mol. The van der Waals surface area contributed by atoms with Crippen molar-refractivity contribution in [2.75, 3.05) is 0 Å². The molecule has 0 amide bonds. The molecule has 0 spiro atoms. The van der Waals surface area contributed by atoms with Crippen LogP contribution in [0, 0.1) is 39.6 Å². The number of benzene rings is 2. The van der Waals surface area contributed by atoms with Gasteiger partial charge in [-0.3, -0.25) is 0 Å². The zero-order valence-corrected chi connectivity index (χ0v) is 17.9. The van der Waals surface area contributed by atoms with Crippen molar-refractivity contribution >= 4 is 0 Å². The van der Waals surface area contributed by atoms with Crippen LogP contribution in [0.5, 0.6) is 0 Å². The maximum absolute atomic E-state index is 14.0.